The van der Waals surface area contributed by atoms with Crippen LogP contribution >= 0.6 is 0 Å². The summed E-state index contributed by atoms with van der Waals surface area (Å²) in [7, 11) is 0. The molecule has 4 aromatic rings. The molecule has 0 fully saturated rings. The van der Waals surface area contributed by atoms with Gasteiger partial charge in [0, 0.05) is 23.7 Å². The molecule has 1 unspecified atom stereocenters. The Morgan fingerprint density at radius 2 is 1.68 bits per heavy atom. The van der Waals surface area contributed by atoms with Crippen molar-refractivity contribution in [3.63, 3.8) is 0 Å². The first kappa shape index (κ1) is 25.6. The highest BCUT2D eigenvalue weighted by Gasteiger charge is 2.23. The molecular weight excluding hydrogens is 468 g/mol. The molecule has 0 aliphatic carbocycles. The van der Waals surface area contributed by atoms with Crippen LogP contribution in [0.5, 0.6) is 0 Å². The fourth-order valence-electron chi connectivity index (χ4n) is 4.34. The van der Waals surface area contributed by atoms with Crippen LogP contribution in [0, 0.1) is 27.7 Å². The molecule has 0 spiro atoms. The van der Waals surface area contributed by atoms with E-state index in [4.69, 9.17) is 4.42 Å². The van der Waals surface area contributed by atoms with E-state index in [1.54, 1.807) is 12.5 Å². The number of carboxylic acids is 1. The monoisotopic (exact) mass is 498 g/mol. The minimum atomic E-state index is -1.09. The number of hydrogen-bond donors (Lipinski definition) is 3. The van der Waals surface area contributed by atoms with Crippen molar-refractivity contribution >= 4 is 17.7 Å². The quantitative estimate of drug-likeness (QED) is 0.297. The third-order valence-electron chi connectivity index (χ3n) is 6.08. The molecule has 2 aromatic carbocycles. The molecule has 2 aromatic heterocycles. The number of pyridine rings is 1. The van der Waals surface area contributed by atoms with E-state index in [2.05, 4.69) is 20.6 Å². The Hall–Kier alpha value is -4.46. The number of carboxylic acid groups (broad SMARTS) is 1. The van der Waals surface area contributed by atoms with E-state index >= 15 is 0 Å². The molecule has 3 N–H and O–H groups in total. The molecule has 0 aliphatic heterocycles. The number of aryl methyl sites for hydroxylation is 4. The number of oxazole rings is 1. The van der Waals surface area contributed by atoms with Crippen molar-refractivity contribution in [1.82, 2.24) is 15.3 Å². The van der Waals surface area contributed by atoms with Gasteiger partial charge in [-0.05, 0) is 62.1 Å². The van der Waals surface area contributed by atoms with Crippen molar-refractivity contribution in [1.29, 1.82) is 0 Å². The first-order chi connectivity index (χ1) is 17.7. The van der Waals surface area contributed by atoms with Crippen LogP contribution < -0.4 is 10.6 Å². The van der Waals surface area contributed by atoms with Crippen molar-refractivity contribution < 1.29 is 19.1 Å². The largest absolute Gasteiger partial charge is 0.480 e. The SMILES string of the molecule is Cc1ccnc(NCc2nc(-c3ccc(CC(NC(=O)c4c(C)cc(C)cc4C)C(=O)O)cc3)co2)c1. The average molecular weight is 499 g/mol. The van der Waals surface area contributed by atoms with Gasteiger partial charge in [-0.2, -0.15) is 0 Å². The van der Waals surface area contributed by atoms with Crippen LogP contribution in [-0.4, -0.2) is 33.0 Å². The molecule has 0 saturated carbocycles. The van der Waals surface area contributed by atoms with Crippen LogP contribution in [0.15, 0.2) is 65.4 Å². The summed E-state index contributed by atoms with van der Waals surface area (Å²) < 4.78 is 5.58. The molecule has 0 saturated heterocycles. The van der Waals surface area contributed by atoms with Gasteiger partial charge in [-0.25, -0.2) is 14.8 Å². The zero-order valence-electron chi connectivity index (χ0n) is 21.3. The lowest BCUT2D eigenvalue weighted by atomic mass is 9.98. The maximum Gasteiger partial charge on any atom is 0.326 e. The Morgan fingerprint density at radius 1 is 0.973 bits per heavy atom. The second kappa shape index (κ2) is 11.1. The van der Waals surface area contributed by atoms with E-state index in [0.717, 1.165) is 39.2 Å². The Bertz CT molecular complexity index is 1400. The molecule has 1 amide bonds. The number of carbonyl (C=O) groups is 2. The summed E-state index contributed by atoms with van der Waals surface area (Å²) in [4.78, 5) is 33.6. The minimum absolute atomic E-state index is 0.156. The van der Waals surface area contributed by atoms with Gasteiger partial charge in [0.2, 0.25) is 5.89 Å². The molecule has 1 atom stereocenters. The number of benzene rings is 2. The van der Waals surface area contributed by atoms with Crippen LogP contribution in [0.1, 0.15) is 44.1 Å². The van der Waals surface area contributed by atoms with Crippen molar-refractivity contribution in [3.05, 3.63) is 100 Å². The maximum absolute atomic E-state index is 12.9. The van der Waals surface area contributed by atoms with Gasteiger partial charge in [0.15, 0.2) is 0 Å². The summed E-state index contributed by atoms with van der Waals surface area (Å²) in [6.07, 6.45) is 3.48. The minimum Gasteiger partial charge on any atom is -0.480 e. The van der Waals surface area contributed by atoms with Crippen LogP contribution in [0.2, 0.25) is 0 Å². The summed E-state index contributed by atoms with van der Waals surface area (Å²) >= 11 is 0. The second-order valence-corrected chi connectivity index (χ2v) is 9.24. The normalized spacial score (nSPS) is 11.7. The van der Waals surface area contributed by atoms with Gasteiger partial charge >= 0.3 is 5.97 Å². The van der Waals surface area contributed by atoms with Crippen molar-refractivity contribution in [2.75, 3.05) is 5.32 Å². The maximum atomic E-state index is 12.9. The van der Waals surface area contributed by atoms with Gasteiger partial charge in [0.25, 0.3) is 5.91 Å². The molecule has 8 heteroatoms. The molecular formula is C29H30N4O4. The Kier molecular flexibility index (Phi) is 7.67. The second-order valence-electron chi connectivity index (χ2n) is 9.24. The summed E-state index contributed by atoms with van der Waals surface area (Å²) in [5.41, 5.74) is 6.62. The number of nitrogens with one attached hydrogen (secondary N) is 2. The van der Waals surface area contributed by atoms with Crippen LogP contribution in [-0.2, 0) is 17.8 Å². The number of hydrogen-bond acceptors (Lipinski definition) is 6. The van der Waals surface area contributed by atoms with Gasteiger partial charge in [-0.1, -0.05) is 42.0 Å². The third-order valence-corrected chi connectivity index (χ3v) is 6.08. The number of amides is 1. The summed E-state index contributed by atoms with van der Waals surface area (Å²) in [6, 6.07) is 14.0. The first-order valence-electron chi connectivity index (χ1n) is 12.0. The van der Waals surface area contributed by atoms with Gasteiger partial charge in [0.05, 0.1) is 6.54 Å². The van der Waals surface area contributed by atoms with Crippen molar-refractivity contribution in [2.45, 2.75) is 46.7 Å². The Balaban J connectivity index is 1.40. The highest BCUT2D eigenvalue weighted by molar-refractivity contribution is 5.99. The number of nitrogens with zero attached hydrogens (tertiary/aromatic N) is 2. The number of rotatable bonds is 9. The third kappa shape index (κ3) is 6.41. The molecule has 190 valence electrons. The van der Waals surface area contributed by atoms with Gasteiger partial charge in [0.1, 0.15) is 23.8 Å². The van der Waals surface area contributed by atoms with Gasteiger partial charge in [-0.3, -0.25) is 4.79 Å². The lowest BCUT2D eigenvalue weighted by Crippen LogP contribution is -2.42. The highest BCUT2D eigenvalue weighted by atomic mass is 16.4. The van der Waals surface area contributed by atoms with Crippen LogP contribution in [0.25, 0.3) is 11.3 Å². The van der Waals surface area contributed by atoms with E-state index < -0.39 is 12.0 Å². The van der Waals surface area contributed by atoms with Gasteiger partial charge in [-0.15, -0.1) is 0 Å². The standard InChI is InChI=1S/C29H30N4O4/c1-17-9-10-30-25(13-17)31-15-26-32-24(16-37-26)22-7-5-21(6-8-22)14-23(29(35)36)33-28(34)27-19(3)11-18(2)12-20(27)4/h5-13,16,23H,14-15H2,1-4H3,(H,30,31)(H,33,34)(H,35,36). The van der Waals surface area contributed by atoms with Gasteiger partial charge < -0.3 is 20.2 Å². The van der Waals surface area contributed by atoms with Crippen LogP contribution in [0.4, 0.5) is 5.82 Å². The topological polar surface area (TPSA) is 117 Å². The first-order valence-corrected chi connectivity index (χ1v) is 12.0. The number of aliphatic carboxylic acids is 1. The predicted molar refractivity (Wildman–Crippen MR) is 141 cm³/mol. The number of anilines is 1. The fourth-order valence-corrected chi connectivity index (χ4v) is 4.34. The Labute approximate surface area is 215 Å². The lowest BCUT2D eigenvalue weighted by Gasteiger charge is -2.17. The van der Waals surface area contributed by atoms with Crippen LogP contribution in [0.3, 0.4) is 0 Å². The number of aromatic nitrogens is 2. The predicted octanol–water partition coefficient (Wildman–Crippen LogP) is 5.01. The molecule has 4 rings (SSSR count). The van der Waals surface area contributed by atoms with E-state index in [1.165, 1.54) is 0 Å². The van der Waals surface area contributed by atoms with Crippen molar-refractivity contribution in [3.8, 4) is 11.3 Å². The molecule has 8 nitrogen and oxygen atoms in total. The summed E-state index contributed by atoms with van der Waals surface area (Å²) in [6.45, 7) is 8.07. The zero-order valence-corrected chi connectivity index (χ0v) is 21.3. The smallest absolute Gasteiger partial charge is 0.326 e. The summed E-state index contributed by atoms with van der Waals surface area (Å²) in [5, 5.41) is 15.6. The molecule has 0 radical (unpaired) electrons. The zero-order chi connectivity index (χ0) is 26.5. The van der Waals surface area contributed by atoms with Crippen molar-refractivity contribution in [2.24, 2.45) is 0 Å². The molecule has 2 heterocycles. The van der Waals surface area contributed by atoms with E-state index in [1.807, 2.05) is 76.2 Å². The average Bonchev–Trinajstić information content (AvgIpc) is 3.31. The Morgan fingerprint density at radius 3 is 2.32 bits per heavy atom. The van der Waals surface area contributed by atoms with E-state index in [0.29, 0.717) is 23.7 Å². The summed E-state index contributed by atoms with van der Waals surface area (Å²) in [5.74, 6) is -0.199. The highest BCUT2D eigenvalue weighted by Crippen LogP contribution is 2.21. The fraction of sp³-hybridized carbons (Fsp3) is 0.241. The van der Waals surface area contributed by atoms with E-state index in [-0.39, 0.29) is 12.3 Å². The van der Waals surface area contributed by atoms with E-state index in [9.17, 15) is 14.7 Å². The molecule has 0 bridgehead atoms. The lowest BCUT2D eigenvalue weighted by molar-refractivity contribution is -0.139. The molecule has 37 heavy (non-hydrogen) atoms. The number of carbonyl (C=O) groups excluding carboxylic acids is 1. The molecule has 0 aliphatic rings.